The Balaban J connectivity index is 1.48. The van der Waals surface area contributed by atoms with Gasteiger partial charge in [0.25, 0.3) is 5.69 Å². The third-order valence-electron chi connectivity index (χ3n) is 5.45. The van der Waals surface area contributed by atoms with Gasteiger partial charge >= 0.3 is 0 Å². The van der Waals surface area contributed by atoms with E-state index < -0.39 is 4.92 Å². The van der Waals surface area contributed by atoms with E-state index in [1.54, 1.807) is 24.4 Å². The molecule has 27 heavy (non-hydrogen) atoms. The summed E-state index contributed by atoms with van der Waals surface area (Å²) in [6.07, 6.45) is 5.48. The van der Waals surface area contributed by atoms with Gasteiger partial charge in [-0.1, -0.05) is 0 Å². The van der Waals surface area contributed by atoms with Crippen molar-refractivity contribution in [3.63, 3.8) is 0 Å². The highest BCUT2D eigenvalue weighted by molar-refractivity contribution is 6.02. The van der Waals surface area contributed by atoms with E-state index >= 15 is 0 Å². The highest BCUT2D eigenvalue weighted by Gasteiger charge is 2.36. The fraction of sp³-hybridized carbons (Fsp3) is 0.421. The number of amides is 2. The van der Waals surface area contributed by atoms with Crippen molar-refractivity contribution in [2.45, 2.75) is 50.6 Å². The van der Waals surface area contributed by atoms with Crippen LogP contribution in [-0.4, -0.2) is 38.7 Å². The lowest BCUT2D eigenvalue weighted by atomic mass is 9.90. The van der Waals surface area contributed by atoms with E-state index in [0.29, 0.717) is 23.7 Å². The van der Waals surface area contributed by atoms with Crippen molar-refractivity contribution >= 4 is 34.1 Å². The van der Waals surface area contributed by atoms with Gasteiger partial charge in [-0.3, -0.25) is 29.6 Å². The molecule has 1 aromatic heterocycles. The number of non-ortho nitro benzene ring substituents is 1. The Labute approximate surface area is 155 Å². The standard InChI is InChI=1S/C19H20N4O4/c24-17-9-10-18(25)22(17)13-5-3-12(4-6-13)21-15-7-8-16(23(26)27)14-2-1-11-20-19(14)15/h1-2,7-8,11-13,21H,3-6,9-10H2. The maximum absolute atomic E-state index is 11.9. The number of nitrogens with zero attached hydrogens (tertiary/aromatic N) is 3. The number of hydrogen-bond acceptors (Lipinski definition) is 6. The van der Waals surface area contributed by atoms with Crippen LogP contribution in [0.15, 0.2) is 30.5 Å². The van der Waals surface area contributed by atoms with Gasteiger partial charge in [-0.25, -0.2) is 0 Å². The summed E-state index contributed by atoms with van der Waals surface area (Å²) in [7, 11) is 0. The first kappa shape index (κ1) is 17.4. The second-order valence-corrected chi connectivity index (χ2v) is 7.10. The lowest BCUT2D eigenvalue weighted by molar-refractivity contribution is -0.383. The Kier molecular flexibility index (Phi) is 4.47. The van der Waals surface area contributed by atoms with Crippen LogP contribution in [0.3, 0.4) is 0 Å². The van der Waals surface area contributed by atoms with Gasteiger partial charge in [0.1, 0.15) is 5.52 Å². The largest absolute Gasteiger partial charge is 0.381 e. The average molecular weight is 368 g/mol. The molecule has 2 aromatic rings. The zero-order chi connectivity index (χ0) is 19.0. The molecule has 1 aliphatic carbocycles. The maximum atomic E-state index is 11.9. The number of pyridine rings is 1. The Morgan fingerprint density at radius 1 is 1.07 bits per heavy atom. The van der Waals surface area contributed by atoms with Crippen molar-refractivity contribution in [2.24, 2.45) is 0 Å². The molecule has 8 heteroatoms. The van der Waals surface area contributed by atoms with Crippen LogP contribution in [0.25, 0.3) is 10.9 Å². The Morgan fingerprint density at radius 3 is 2.44 bits per heavy atom. The number of aromatic nitrogens is 1. The summed E-state index contributed by atoms with van der Waals surface area (Å²) < 4.78 is 0. The van der Waals surface area contributed by atoms with Crippen LogP contribution in [0.2, 0.25) is 0 Å². The molecule has 0 unspecified atom stereocenters. The van der Waals surface area contributed by atoms with Crippen molar-refractivity contribution in [3.05, 3.63) is 40.6 Å². The van der Waals surface area contributed by atoms with Gasteiger partial charge in [-0.15, -0.1) is 0 Å². The molecular weight excluding hydrogens is 348 g/mol. The number of likely N-dealkylation sites (tertiary alicyclic amines) is 1. The molecule has 0 atom stereocenters. The summed E-state index contributed by atoms with van der Waals surface area (Å²) >= 11 is 0. The monoisotopic (exact) mass is 368 g/mol. The van der Waals surface area contributed by atoms with Crippen LogP contribution >= 0.6 is 0 Å². The van der Waals surface area contributed by atoms with Gasteiger partial charge in [0, 0.05) is 37.2 Å². The summed E-state index contributed by atoms with van der Waals surface area (Å²) in [5, 5.41) is 15.2. The molecule has 1 N–H and O–H groups in total. The van der Waals surface area contributed by atoms with E-state index in [0.717, 1.165) is 31.4 Å². The van der Waals surface area contributed by atoms with Gasteiger partial charge < -0.3 is 5.32 Å². The molecule has 2 aliphatic rings. The number of carbonyl (C=O) groups is 2. The number of benzene rings is 1. The van der Waals surface area contributed by atoms with E-state index in [1.807, 2.05) is 0 Å². The van der Waals surface area contributed by atoms with Crippen LogP contribution in [-0.2, 0) is 9.59 Å². The highest BCUT2D eigenvalue weighted by atomic mass is 16.6. The molecule has 0 radical (unpaired) electrons. The normalized spacial score (nSPS) is 23.0. The average Bonchev–Trinajstić information content (AvgIpc) is 3.01. The molecule has 2 fully saturated rings. The lowest BCUT2D eigenvalue weighted by Crippen LogP contribution is -2.43. The van der Waals surface area contributed by atoms with E-state index in [-0.39, 0.29) is 29.6 Å². The number of imide groups is 1. The second-order valence-electron chi connectivity index (χ2n) is 7.10. The van der Waals surface area contributed by atoms with Crippen molar-refractivity contribution in [1.82, 2.24) is 9.88 Å². The summed E-state index contributed by atoms with van der Waals surface area (Å²) in [4.78, 5) is 40.4. The highest BCUT2D eigenvalue weighted by Crippen LogP contribution is 2.33. The minimum absolute atomic E-state index is 0.00252. The van der Waals surface area contributed by atoms with Gasteiger partial charge in [0.05, 0.1) is 16.0 Å². The SMILES string of the molecule is O=C1CCC(=O)N1C1CCC(Nc2ccc([N+](=O)[O-])c3cccnc23)CC1. The third kappa shape index (κ3) is 3.22. The first-order valence-corrected chi connectivity index (χ1v) is 9.18. The first-order valence-electron chi connectivity index (χ1n) is 9.18. The van der Waals surface area contributed by atoms with Gasteiger partial charge in [0.2, 0.25) is 11.8 Å². The molecule has 0 spiro atoms. The number of nitro benzene ring substituents is 1. The van der Waals surface area contributed by atoms with E-state index in [4.69, 9.17) is 0 Å². The fourth-order valence-corrected chi connectivity index (χ4v) is 4.13. The number of anilines is 1. The molecular formula is C19H20N4O4. The molecule has 0 bridgehead atoms. The summed E-state index contributed by atoms with van der Waals surface area (Å²) in [6, 6.07) is 6.77. The Bertz CT molecular complexity index is 905. The number of fused-ring (bicyclic) bond motifs is 1. The summed E-state index contributed by atoms with van der Waals surface area (Å²) in [5.74, 6) is -0.107. The van der Waals surface area contributed by atoms with Crippen LogP contribution in [0.4, 0.5) is 11.4 Å². The predicted octanol–water partition coefficient (Wildman–Crippen LogP) is 3.02. The molecule has 2 heterocycles. The molecule has 1 saturated heterocycles. The van der Waals surface area contributed by atoms with Gasteiger partial charge in [-0.05, 0) is 43.9 Å². The molecule has 2 amide bonds. The zero-order valence-corrected chi connectivity index (χ0v) is 14.8. The smallest absolute Gasteiger partial charge is 0.278 e. The van der Waals surface area contributed by atoms with Crippen molar-refractivity contribution in [3.8, 4) is 0 Å². The number of carbonyl (C=O) groups excluding carboxylic acids is 2. The number of nitro groups is 1. The van der Waals surface area contributed by atoms with Crippen molar-refractivity contribution in [1.29, 1.82) is 0 Å². The van der Waals surface area contributed by atoms with Gasteiger partial charge in [-0.2, -0.15) is 0 Å². The molecule has 1 aromatic carbocycles. The van der Waals surface area contributed by atoms with Crippen LogP contribution < -0.4 is 5.32 Å². The second kappa shape index (κ2) is 6.94. The number of rotatable bonds is 4. The van der Waals surface area contributed by atoms with Crippen LogP contribution in [0, 0.1) is 10.1 Å². The lowest BCUT2D eigenvalue weighted by Gasteiger charge is -2.34. The topological polar surface area (TPSA) is 105 Å². The Morgan fingerprint density at radius 2 is 1.78 bits per heavy atom. The van der Waals surface area contributed by atoms with Crippen molar-refractivity contribution in [2.75, 3.05) is 5.32 Å². The molecule has 8 nitrogen and oxygen atoms in total. The van der Waals surface area contributed by atoms with E-state index in [9.17, 15) is 19.7 Å². The quantitative estimate of drug-likeness (QED) is 0.505. The third-order valence-corrected chi connectivity index (χ3v) is 5.45. The minimum Gasteiger partial charge on any atom is -0.381 e. The van der Waals surface area contributed by atoms with E-state index in [1.165, 1.54) is 11.0 Å². The number of nitrogens with one attached hydrogen (secondary N) is 1. The summed E-state index contributed by atoms with van der Waals surface area (Å²) in [5.41, 5.74) is 1.39. The maximum Gasteiger partial charge on any atom is 0.278 e. The molecule has 140 valence electrons. The molecule has 1 saturated carbocycles. The number of hydrogen-bond donors (Lipinski definition) is 1. The summed E-state index contributed by atoms with van der Waals surface area (Å²) in [6.45, 7) is 0. The first-order chi connectivity index (χ1) is 13.0. The zero-order valence-electron chi connectivity index (χ0n) is 14.8. The Hall–Kier alpha value is -3.03. The predicted molar refractivity (Wildman–Crippen MR) is 99.2 cm³/mol. The van der Waals surface area contributed by atoms with Crippen molar-refractivity contribution < 1.29 is 14.5 Å². The fourth-order valence-electron chi connectivity index (χ4n) is 4.13. The van der Waals surface area contributed by atoms with E-state index in [2.05, 4.69) is 10.3 Å². The molecule has 1 aliphatic heterocycles. The minimum atomic E-state index is -0.400. The van der Waals surface area contributed by atoms with Crippen LogP contribution in [0.5, 0.6) is 0 Å². The van der Waals surface area contributed by atoms with Gasteiger partial charge in [0.15, 0.2) is 0 Å². The molecule has 4 rings (SSSR count). The van der Waals surface area contributed by atoms with Crippen LogP contribution in [0.1, 0.15) is 38.5 Å².